The van der Waals surface area contributed by atoms with Crippen LogP contribution in [0.3, 0.4) is 0 Å². The number of hydrogen-bond donors (Lipinski definition) is 0. The molecule has 25 heavy (non-hydrogen) atoms. The molecule has 0 aromatic heterocycles. The van der Waals surface area contributed by atoms with E-state index in [9.17, 15) is 9.18 Å². The molecule has 0 heterocycles. The summed E-state index contributed by atoms with van der Waals surface area (Å²) in [5, 5.41) is 0. The second kappa shape index (κ2) is 8.99. The first kappa shape index (κ1) is 18.7. The Bertz CT molecular complexity index is 756. The molecule has 0 bridgehead atoms. The van der Waals surface area contributed by atoms with Crippen LogP contribution in [0.1, 0.15) is 15.9 Å². The summed E-state index contributed by atoms with van der Waals surface area (Å²) in [6.45, 7) is 1.23. The van der Waals surface area contributed by atoms with Gasteiger partial charge in [-0.1, -0.05) is 12.1 Å². The molecule has 0 saturated carbocycles. The van der Waals surface area contributed by atoms with Crippen LogP contribution in [0.4, 0.5) is 4.39 Å². The Morgan fingerprint density at radius 1 is 1.20 bits per heavy atom. The lowest BCUT2D eigenvalue weighted by Gasteiger charge is -2.12. The van der Waals surface area contributed by atoms with Gasteiger partial charge in [-0.3, -0.25) is 4.79 Å². The average Bonchev–Trinajstić information content (AvgIpc) is 2.60. The zero-order valence-corrected chi connectivity index (χ0v) is 14.7. The molecule has 132 valence electrons. The molecule has 0 aliphatic rings. The van der Waals surface area contributed by atoms with E-state index in [0.29, 0.717) is 29.2 Å². The number of methoxy groups -OCH3 is 1. The fourth-order valence-electron chi connectivity index (χ4n) is 2.16. The lowest BCUT2D eigenvalue weighted by molar-refractivity contribution is 0.104. The first-order chi connectivity index (χ1) is 12.0. The number of para-hydroxylation sites is 1. The van der Waals surface area contributed by atoms with E-state index in [1.807, 2.05) is 25.1 Å². The number of allylic oxidation sites excluding steroid dienone is 1. The molecule has 0 saturated heterocycles. The molecule has 2 aromatic rings. The van der Waals surface area contributed by atoms with Crippen molar-refractivity contribution in [2.24, 2.45) is 0 Å². The molecule has 0 radical (unpaired) electrons. The van der Waals surface area contributed by atoms with Crippen LogP contribution < -0.4 is 9.47 Å². The summed E-state index contributed by atoms with van der Waals surface area (Å²) in [5.41, 5.74) is 0.770. The number of hydrogen-bond acceptors (Lipinski definition) is 4. The highest BCUT2D eigenvalue weighted by atomic mass is 19.1. The number of carbonyl (C=O) groups excluding carboxylic acids is 1. The maximum atomic E-state index is 13.9. The van der Waals surface area contributed by atoms with E-state index in [1.54, 1.807) is 30.3 Å². The Hall–Kier alpha value is -2.66. The van der Waals surface area contributed by atoms with Crippen LogP contribution in [-0.4, -0.2) is 45.0 Å². The maximum absolute atomic E-state index is 13.9. The van der Waals surface area contributed by atoms with Gasteiger partial charge in [-0.15, -0.1) is 0 Å². The summed E-state index contributed by atoms with van der Waals surface area (Å²) in [4.78, 5) is 14.4. The number of halogens is 1. The van der Waals surface area contributed by atoms with Gasteiger partial charge in [0, 0.05) is 18.2 Å². The van der Waals surface area contributed by atoms with Gasteiger partial charge in [0.1, 0.15) is 23.9 Å². The molecule has 0 aliphatic heterocycles. The van der Waals surface area contributed by atoms with Gasteiger partial charge in [-0.2, -0.15) is 0 Å². The van der Waals surface area contributed by atoms with E-state index < -0.39 is 5.82 Å². The monoisotopic (exact) mass is 343 g/mol. The highest BCUT2D eigenvalue weighted by molar-refractivity contribution is 6.08. The number of benzene rings is 2. The standard InChI is InChI=1S/C20H22FNO3/c1-22(2)12-13-25-20-7-5-4-6-17(20)19(23)11-9-15-8-10-16(24-3)14-18(15)21/h4-11,14H,12-13H2,1-3H3. The van der Waals surface area contributed by atoms with Gasteiger partial charge in [-0.25, -0.2) is 4.39 Å². The number of likely N-dealkylation sites (N-methyl/N-ethyl adjacent to an activating group) is 1. The van der Waals surface area contributed by atoms with Crippen molar-refractivity contribution in [1.82, 2.24) is 4.90 Å². The van der Waals surface area contributed by atoms with Gasteiger partial charge >= 0.3 is 0 Å². The summed E-state index contributed by atoms with van der Waals surface area (Å²) in [6, 6.07) is 11.5. The minimum Gasteiger partial charge on any atom is -0.497 e. The number of rotatable bonds is 8. The average molecular weight is 343 g/mol. The predicted octanol–water partition coefficient (Wildman–Crippen LogP) is 3.67. The van der Waals surface area contributed by atoms with Crippen LogP contribution in [0, 0.1) is 5.82 Å². The van der Waals surface area contributed by atoms with Crippen molar-refractivity contribution in [2.75, 3.05) is 34.4 Å². The van der Waals surface area contributed by atoms with Crippen molar-refractivity contribution < 1.29 is 18.7 Å². The number of nitrogens with zero attached hydrogens (tertiary/aromatic N) is 1. The van der Waals surface area contributed by atoms with Crippen molar-refractivity contribution in [3.8, 4) is 11.5 Å². The van der Waals surface area contributed by atoms with E-state index in [4.69, 9.17) is 9.47 Å². The van der Waals surface area contributed by atoms with Crippen LogP contribution in [0.2, 0.25) is 0 Å². The second-order valence-electron chi connectivity index (χ2n) is 5.73. The van der Waals surface area contributed by atoms with E-state index >= 15 is 0 Å². The molecule has 0 N–H and O–H groups in total. The van der Waals surface area contributed by atoms with Gasteiger partial charge in [0.2, 0.25) is 0 Å². The topological polar surface area (TPSA) is 38.8 Å². The molecule has 4 nitrogen and oxygen atoms in total. The fourth-order valence-corrected chi connectivity index (χ4v) is 2.16. The van der Waals surface area contributed by atoms with E-state index in [0.717, 1.165) is 6.54 Å². The zero-order chi connectivity index (χ0) is 18.2. The summed E-state index contributed by atoms with van der Waals surface area (Å²) in [6.07, 6.45) is 2.80. The molecule has 0 spiro atoms. The highest BCUT2D eigenvalue weighted by Crippen LogP contribution is 2.21. The Kier molecular flexibility index (Phi) is 6.71. The lowest BCUT2D eigenvalue weighted by Crippen LogP contribution is -2.20. The van der Waals surface area contributed by atoms with Crippen molar-refractivity contribution >= 4 is 11.9 Å². The number of ketones is 1. The molecular formula is C20H22FNO3. The quantitative estimate of drug-likeness (QED) is 0.541. The fraction of sp³-hybridized carbons (Fsp3) is 0.250. The van der Waals surface area contributed by atoms with Crippen LogP contribution >= 0.6 is 0 Å². The summed E-state index contributed by atoms with van der Waals surface area (Å²) < 4.78 is 24.6. The van der Waals surface area contributed by atoms with Crippen LogP contribution in [0.15, 0.2) is 48.5 Å². The largest absolute Gasteiger partial charge is 0.497 e. The minimum atomic E-state index is -0.445. The molecule has 0 fully saturated rings. The molecule has 0 unspecified atom stereocenters. The van der Waals surface area contributed by atoms with Crippen molar-refractivity contribution in [3.05, 3.63) is 65.5 Å². The molecular weight excluding hydrogens is 321 g/mol. The third-order valence-electron chi connectivity index (χ3n) is 3.57. The molecule has 2 aromatic carbocycles. The summed E-state index contributed by atoms with van der Waals surface area (Å²) in [5.74, 6) is 0.268. The molecule has 5 heteroatoms. The normalized spacial score (nSPS) is 11.1. The van der Waals surface area contributed by atoms with Gasteiger partial charge in [0.05, 0.1) is 12.7 Å². The van der Waals surface area contributed by atoms with Crippen LogP contribution in [0.5, 0.6) is 11.5 Å². The highest BCUT2D eigenvalue weighted by Gasteiger charge is 2.10. The zero-order valence-electron chi connectivity index (χ0n) is 14.7. The first-order valence-corrected chi connectivity index (χ1v) is 7.94. The van der Waals surface area contributed by atoms with Gasteiger partial charge in [-0.05, 0) is 50.5 Å². The maximum Gasteiger partial charge on any atom is 0.189 e. The van der Waals surface area contributed by atoms with Gasteiger partial charge in [0.25, 0.3) is 0 Å². The summed E-state index contributed by atoms with van der Waals surface area (Å²) in [7, 11) is 5.38. The summed E-state index contributed by atoms with van der Waals surface area (Å²) >= 11 is 0. The van der Waals surface area contributed by atoms with Crippen molar-refractivity contribution in [2.45, 2.75) is 0 Å². The third-order valence-corrected chi connectivity index (χ3v) is 3.57. The minimum absolute atomic E-state index is 0.240. The first-order valence-electron chi connectivity index (χ1n) is 7.94. The van der Waals surface area contributed by atoms with Crippen LogP contribution in [0.25, 0.3) is 6.08 Å². The van der Waals surface area contributed by atoms with Gasteiger partial charge in [0.15, 0.2) is 5.78 Å². The lowest BCUT2D eigenvalue weighted by atomic mass is 10.1. The predicted molar refractivity (Wildman–Crippen MR) is 96.8 cm³/mol. The Balaban J connectivity index is 2.12. The van der Waals surface area contributed by atoms with E-state index in [1.165, 1.54) is 25.3 Å². The smallest absolute Gasteiger partial charge is 0.189 e. The third kappa shape index (κ3) is 5.43. The number of carbonyl (C=O) groups is 1. The van der Waals surface area contributed by atoms with Gasteiger partial charge < -0.3 is 14.4 Å². The van der Waals surface area contributed by atoms with Crippen molar-refractivity contribution in [3.63, 3.8) is 0 Å². The number of ether oxygens (including phenoxy) is 2. The molecule has 0 atom stereocenters. The molecule has 2 rings (SSSR count). The molecule has 0 amide bonds. The van der Waals surface area contributed by atoms with Crippen LogP contribution in [-0.2, 0) is 0 Å². The Morgan fingerprint density at radius 2 is 1.96 bits per heavy atom. The van der Waals surface area contributed by atoms with E-state index in [-0.39, 0.29) is 5.78 Å². The van der Waals surface area contributed by atoms with E-state index in [2.05, 4.69) is 0 Å². The second-order valence-corrected chi connectivity index (χ2v) is 5.73. The SMILES string of the molecule is COc1ccc(C=CC(=O)c2ccccc2OCCN(C)C)c(F)c1. The Labute approximate surface area is 147 Å². The molecule has 0 aliphatic carbocycles. The van der Waals surface area contributed by atoms with Crippen molar-refractivity contribution in [1.29, 1.82) is 0 Å². The Morgan fingerprint density at radius 3 is 2.64 bits per heavy atom.